The molecule has 3 aromatic rings. The van der Waals surface area contributed by atoms with Crippen molar-refractivity contribution in [2.45, 2.75) is 20.0 Å². The number of hydrogen-bond donors (Lipinski definition) is 1. The predicted octanol–water partition coefficient (Wildman–Crippen LogP) is 4.67. The van der Waals surface area contributed by atoms with E-state index in [9.17, 15) is 28.1 Å². The molecule has 0 spiro atoms. The number of nitro benzene ring substituents is 1. The minimum absolute atomic E-state index is 0.0419. The van der Waals surface area contributed by atoms with E-state index in [4.69, 9.17) is 0 Å². The SMILES string of the molecule is Cc1cn(-c2cc(NC(=O)c3ccc(C)c([N+](=O)[O-])c3)cc(C(F)(F)F)c2)cn1. The van der Waals surface area contributed by atoms with Crippen LogP contribution < -0.4 is 5.32 Å². The molecule has 0 atom stereocenters. The van der Waals surface area contributed by atoms with Gasteiger partial charge in [-0.2, -0.15) is 13.2 Å². The molecule has 0 radical (unpaired) electrons. The monoisotopic (exact) mass is 404 g/mol. The molecule has 0 bridgehead atoms. The van der Waals surface area contributed by atoms with Crippen molar-refractivity contribution in [3.05, 3.63) is 81.4 Å². The zero-order valence-electron chi connectivity index (χ0n) is 15.3. The molecule has 0 fully saturated rings. The van der Waals surface area contributed by atoms with Crippen LogP contribution in [0.3, 0.4) is 0 Å². The summed E-state index contributed by atoms with van der Waals surface area (Å²) in [7, 11) is 0. The maximum absolute atomic E-state index is 13.3. The molecular formula is C19H15F3N4O3. The fourth-order valence-electron chi connectivity index (χ4n) is 2.71. The molecule has 1 heterocycles. The molecule has 0 saturated carbocycles. The predicted molar refractivity (Wildman–Crippen MR) is 99.1 cm³/mol. The lowest BCUT2D eigenvalue weighted by Gasteiger charge is -2.14. The van der Waals surface area contributed by atoms with Crippen molar-refractivity contribution < 1.29 is 22.9 Å². The Morgan fingerprint density at radius 3 is 2.48 bits per heavy atom. The number of benzene rings is 2. The molecule has 7 nitrogen and oxygen atoms in total. The second kappa shape index (κ2) is 7.38. The quantitative estimate of drug-likeness (QED) is 0.506. The molecule has 0 saturated heterocycles. The molecule has 3 rings (SSSR count). The Labute approximate surface area is 163 Å². The average molecular weight is 404 g/mol. The summed E-state index contributed by atoms with van der Waals surface area (Å²) in [6, 6.07) is 6.95. The van der Waals surface area contributed by atoms with E-state index in [1.54, 1.807) is 13.1 Å². The molecule has 10 heteroatoms. The zero-order valence-corrected chi connectivity index (χ0v) is 15.3. The van der Waals surface area contributed by atoms with Crippen molar-refractivity contribution in [1.29, 1.82) is 0 Å². The van der Waals surface area contributed by atoms with Gasteiger partial charge < -0.3 is 9.88 Å². The lowest BCUT2D eigenvalue weighted by Crippen LogP contribution is -2.14. The minimum Gasteiger partial charge on any atom is -0.322 e. The molecule has 2 aromatic carbocycles. The average Bonchev–Trinajstić information content (AvgIpc) is 3.07. The zero-order chi connectivity index (χ0) is 21.3. The van der Waals surface area contributed by atoms with Crippen LogP contribution in [0.25, 0.3) is 5.69 Å². The highest BCUT2D eigenvalue weighted by Crippen LogP contribution is 2.33. The van der Waals surface area contributed by atoms with Gasteiger partial charge in [0.15, 0.2) is 0 Å². The fraction of sp³-hybridized carbons (Fsp3) is 0.158. The smallest absolute Gasteiger partial charge is 0.322 e. The van der Waals surface area contributed by atoms with Crippen LogP contribution in [0.2, 0.25) is 0 Å². The lowest BCUT2D eigenvalue weighted by atomic mass is 10.1. The number of carbonyl (C=O) groups excluding carboxylic acids is 1. The lowest BCUT2D eigenvalue weighted by molar-refractivity contribution is -0.385. The molecule has 0 unspecified atom stereocenters. The van der Waals surface area contributed by atoms with Crippen LogP contribution >= 0.6 is 0 Å². The molecule has 150 valence electrons. The van der Waals surface area contributed by atoms with E-state index in [0.29, 0.717) is 11.3 Å². The van der Waals surface area contributed by atoms with Crippen molar-refractivity contribution in [3.63, 3.8) is 0 Å². The van der Waals surface area contributed by atoms with Crippen LogP contribution in [0, 0.1) is 24.0 Å². The number of anilines is 1. The van der Waals surface area contributed by atoms with Crippen molar-refractivity contribution in [1.82, 2.24) is 9.55 Å². The van der Waals surface area contributed by atoms with Gasteiger partial charge in [0.1, 0.15) is 0 Å². The summed E-state index contributed by atoms with van der Waals surface area (Å²) in [5.74, 6) is -0.764. The van der Waals surface area contributed by atoms with Gasteiger partial charge in [0, 0.05) is 34.8 Å². The highest BCUT2D eigenvalue weighted by molar-refractivity contribution is 6.04. The normalized spacial score (nSPS) is 11.3. The van der Waals surface area contributed by atoms with Gasteiger partial charge in [-0.1, -0.05) is 6.07 Å². The number of aryl methyl sites for hydroxylation is 2. The molecule has 1 amide bonds. The van der Waals surface area contributed by atoms with Crippen LogP contribution in [0.4, 0.5) is 24.5 Å². The fourth-order valence-corrected chi connectivity index (χ4v) is 2.71. The van der Waals surface area contributed by atoms with Gasteiger partial charge in [0.2, 0.25) is 0 Å². The summed E-state index contributed by atoms with van der Waals surface area (Å²) in [6.45, 7) is 3.21. The largest absolute Gasteiger partial charge is 0.416 e. The topological polar surface area (TPSA) is 90.1 Å². The molecule has 0 aliphatic heterocycles. The maximum Gasteiger partial charge on any atom is 0.416 e. The molecule has 1 N–H and O–H groups in total. The number of carbonyl (C=O) groups is 1. The van der Waals surface area contributed by atoms with E-state index in [1.807, 2.05) is 0 Å². The number of nitrogens with one attached hydrogen (secondary N) is 1. The van der Waals surface area contributed by atoms with Gasteiger partial charge in [-0.05, 0) is 38.1 Å². The summed E-state index contributed by atoms with van der Waals surface area (Å²) in [4.78, 5) is 26.9. The van der Waals surface area contributed by atoms with Gasteiger partial charge in [-0.15, -0.1) is 0 Å². The van der Waals surface area contributed by atoms with Gasteiger partial charge in [0.25, 0.3) is 11.6 Å². The van der Waals surface area contributed by atoms with Gasteiger partial charge in [-0.25, -0.2) is 4.98 Å². The number of hydrogen-bond acceptors (Lipinski definition) is 4. The van der Waals surface area contributed by atoms with Gasteiger partial charge in [0.05, 0.1) is 22.5 Å². The standard InChI is InChI=1S/C19H15F3N4O3/c1-11-3-4-13(5-17(11)26(28)29)18(27)24-15-6-14(19(20,21)22)7-16(8-15)25-9-12(2)23-10-25/h3-10H,1-2H3,(H,24,27). The maximum atomic E-state index is 13.3. The Morgan fingerprint density at radius 1 is 1.17 bits per heavy atom. The third kappa shape index (κ3) is 4.42. The van der Waals surface area contributed by atoms with Crippen LogP contribution in [0.1, 0.15) is 27.2 Å². The Kier molecular flexibility index (Phi) is 5.10. The van der Waals surface area contributed by atoms with Gasteiger partial charge in [-0.3, -0.25) is 14.9 Å². The van der Waals surface area contributed by atoms with Crippen LogP contribution in [0.5, 0.6) is 0 Å². The highest BCUT2D eigenvalue weighted by atomic mass is 19.4. The number of nitro groups is 1. The third-order valence-corrected chi connectivity index (χ3v) is 4.18. The first kappa shape index (κ1) is 20.1. The first-order valence-corrected chi connectivity index (χ1v) is 8.34. The van der Waals surface area contributed by atoms with E-state index in [-0.39, 0.29) is 22.6 Å². The number of rotatable bonds is 4. The number of alkyl halides is 3. The summed E-state index contributed by atoms with van der Waals surface area (Å²) in [5.41, 5.74) is -0.217. The number of imidazole rings is 1. The van der Waals surface area contributed by atoms with E-state index < -0.39 is 22.6 Å². The van der Waals surface area contributed by atoms with Crippen molar-refractivity contribution in [2.24, 2.45) is 0 Å². The second-order valence-electron chi connectivity index (χ2n) is 6.40. The Hall–Kier alpha value is -3.69. The first-order chi connectivity index (χ1) is 13.5. The number of halogens is 3. The third-order valence-electron chi connectivity index (χ3n) is 4.18. The van der Waals surface area contributed by atoms with Crippen molar-refractivity contribution in [3.8, 4) is 5.69 Å². The van der Waals surface area contributed by atoms with Crippen molar-refractivity contribution >= 4 is 17.3 Å². The molecule has 29 heavy (non-hydrogen) atoms. The van der Waals surface area contributed by atoms with E-state index >= 15 is 0 Å². The highest BCUT2D eigenvalue weighted by Gasteiger charge is 2.31. The van der Waals surface area contributed by atoms with Crippen LogP contribution in [0.15, 0.2) is 48.9 Å². The molecule has 0 aliphatic carbocycles. The first-order valence-electron chi connectivity index (χ1n) is 8.34. The number of aromatic nitrogens is 2. The molecular weight excluding hydrogens is 389 g/mol. The van der Waals surface area contributed by atoms with E-state index in [1.165, 1.54) is 36.0 Å². The second-order valence-corrected chi connectivity index (χ2v) is 6.40. The summed E-state index contributed by atoms with van der Waals surface area (Å²) >= 11 is 0. The van der Waals surface area contributed by atoms with Gasteiger partial charge >= 0.3 is 6.18 Å². The summed E-state index contributed by atoms with van der Waals surface area (Å²) in [5, 5.41) is 13.4. The van der Waals surface area contributed by atoms with Crippen LogP contribution in [-0.4, -0.2) is 20.4 Å². The van der Waals surface area contributed by atoms with E-state index in [0.717, 1.165) is 18.2 Å². The Balaban J connectivity index is 1.99. The molecule has 1 aromatic heterocycles. The van der Waals surface area contributed by atoms with Crippen LogP contribution in [-0.2, 0) is 6.18 Å². The Bertz CT molecular complexity index is 1110. The minimum atomic E-state index is -4.63. The molecule has 0 aliphatic rings. The Morgan fingerprint density at radius 2 is 1.90 bits per heavy atom. The summed E-state index contributed by atoms with van der Waals surface area (Å²) in [6.07, 6.45) is -1.72. The number of nitrogens with zero attached hydrogens (tertiary/aromatic N) is 3. The van der Waals surface area contributed by atoms with Crippen molar-refractivity contribution in [2.75, 3.05) is 5.32 Å². The summed E-state index contributed by atoms with van der Waals surface area (Å²) < 4.78 is 41.3. The van der Waals surface area contributed by atoms with E-state index in [2.05, 4.69) is 10.3 Å². The number of amides is 1.